The number of nitrogens with zero attached hydrogens (tertiary/aromatic N) is 3. The second-order valence-electron chi connectivity index (χ2n) is 5.86. The predicted octanol–water partition coefficient (Wildman–Crippen LogP) is 2.23. The molecule has 0 radical (unpaired) electrons. The zero-order valence-corrected chi connectivity index (χ0v) is 15.0. The SMILES string of the molecule is C=CCn1c(SCC(=O)N[C@@H](C)C(C)C)nc2ncccc2c1=O. The molecular weight excluding hydrogens is 324 g/mol. The van der Waals surface area contributed by atoms with Gasteiger partial charge in [0.05, 0.1) is 11.1 Å². The summed E-state index contributed by atoms with van der Waals surface area (Å²) in [5.74, 6) is 0.474. The van der Waals surface area contributed by atoms with E-state index in [4.69, 9.17) is 0 Å². The highest BCUT2D eigenvalue weighted by Crippen LogP contribution is 2.17. The van der Waals surface area contributed by atoms with Crippen molar-refractivity contribution in [2.24, 2.45) is 5.92 Å². The van der Waals surface area contributed by atoms with Crippen molar-refractivity contribution in [2.75, 3.05) is 5.75 Å². The van der Waals surface area contributed by atoms with E-state index in [-0.39, 0.29) is 23.3 Å². The quantitative estimate of drug-likeness (QED) is 0.473. The Morgan fingerprint density at radius 1 is 1.46 bits per heavy atom. The molecule has 0 aliphatic carbocycles. The Morgan fingerprint density at radius 3 is 2.88 bits per heavy atom. The number of thioether (sulfide) groups is 1. The maximum Gasteiger partial charge on any atom is 0.263 e. The van der Waals surface area contributed by atoms with E-state index < -0.39 is 0 Å². The molecule has 2 aromatic heterocycles. The first kappa shape index (κ1) is 18.2. The van der Waals surface area contributed by atoms with Crippen molar-refractivity contribution in [3.63, 3.8) is 0 Å². The average molecular weight is 346 g/mol. The van der Waals surface area contributed by atoms with Gasteiger partial charge in [-0.15, -0.1) is 6.58 Å². The zero-order valence-electron chi connectivity index (χ0n) is 14.2. The number of rotatable bonds is 7. The first-order valence-corrected chi connectivity index (χ1v) is 8.81. The van der Waals surface area contributed by atoms with Crippen LogP contribution in [0.4, 0.5) is 0 Å². The minimum atomic E-state index is -0.175. The Labute approximate surface area is 145 Å². The second kappa shape index (κ2) is 8.10. The van der Waals surface area contributed by atoms with Gasteiger partial charge in [-0.2, -0.15) is 0 Å². The summed E-state index contributed by atoms with van der Waals surface area (Å²) < 4.78 is 1.51. The van der Waals surface area contributed by atoms with Gasteiger partial charge in [0.2, 0.25) is 5.91 Å². The van der Waals surface area contributed by atoms with Gasteiger partial charge >= 0.3 is 0 Å². The highest BCUT2D eigenvalue weighted by molar-refractivity contribution is 7.99. The Balaban J connectivity index is 2.24. The van der Waals surface area contributed by atoms with Crippen LogP contribution in [0.2, 0.25) is 0 Å². The van der Waals surface area contributed by atoms with Crippen LogP contribution in [0.15, 0.2) is 40.9 Å². The summed E-state index contributed by atoms with van der Waals surface area (Å²) in [6, 6.07) is 3.50. The third-order valence-electron chi connectivity index (χ3n) is 3.73. The lowest BCUT2D eigenvalue weighted by Crippen LogP contribution is -2.37. The van der Waals surface area contributed by atoms with Crippen LogP contribution in [-0.2, 0) is 11.3 Å². The van der Waals surface area contributed by atoms with Crippen molar-refractivity contribution in [3.05, 3.63) is 41.3 Å². The molecule has 1 amide bonds. The van der Waals surface area contributed by atoms with Gasteiger partial charge in [0.15, 0.2) is 10.8 Å². The molecule has 0 fully saturated rings. The Kier molecular flexibility index (Phi) is 6.14. The van der Waals surface area contributed by atoms with Gasteiger partial charge in [0.1, 0.15) is 0 Å². The molecule has 0 aromatic carbocycles. The number of amides is 1. The van der Waals surface area contributed by atoms with Crippen LogP contribution in [0.25, 0.3) is 11.0 Å². The fourth-order valence-corrected chi connectivity index (χ4v) is 2.84. The third-order valence-corrected chi connectivity index (χ3v) is 4.70. The molecule has 2 heterocycles. The standard InChI is InChI=1S/C17H22N4O2S/c1-5-9-21-16(23)13-7-6-8-18-15(13)20-17(21)24-10-14(22)19-12(4)11(2)3/h5-8,11-12H,1,9-10H2,2-4H3,(H,19,22)/t12-/m0/s1. The number of hydrogen-bond acceptors (Lipinski definition) is 5. The Bertz CT molecular complexity index is 801. The summed E-state index contributed by atoms with van der Waals surface area (Å²) >= 11 is 1.23. The van der Waals surface area contributed by atoms with Crippen LogP contribution in [0.1, 0.15) is 20.8 Å². The largest absolute Gasteiger partial charge is 0.353 e. The maximum atomic E-state index is 12.6. The van der Waals surface area contributed by atoms with E-state index in [1.807, 2.05) is 6.92 Å². The van der Waals surface area contributed by atoms with E-state index in [9.17, 15) is 9.59 Å². The van der Waals surface area contributed by atoms with Crippen molar-refractivity contribution in [2.45, 2.75) is 38.5 Å². The van der Waals surface area contributed by atoms with E-state index in [1.165, 1.54) is 16.3 Å². The molecule has 0 spiro atoms. The predicted molar refractivity (Wildman–Crippen MR) is 97.2 cm³/mol. The summed E-state index contributed by atoms with van der Waals surface area (Å²) in [4.78, 5) is 33.2. The summed E-state index contributed by atoms with van der Waals surface area (Å²) in [6.45, 7) is 10.1. The first-order chi connectivity index (χ1) is 11.4. The first-order valence-electron chi connectivity index (χ1n) is 7.82. The lowest BCUT2D eigenvalue weighted by Gasteiger charge is -2.17. The number of aromatic nitrogens is 3. The van der Waals surface area contributed by atoms with Crippen molar-refractivity contribution >= 4 is 28.7 Å². The molecule has 1 N–H and O–H groups in total. The second-order valence-corrected chi connectivity index (χ2v) is 6.80. The van der Waals surface area contributed by atoms with Gasteiger partial charge in [-0.25, -0.2) is 9.97 Å². The average Bonchev–Trinajstić information content (AvgIpc) is 2.56. The van der Waals surface area contributed by atoms with Crippen LogP contribution in [0.3, 0.4) is 0 Å². The molecule has 0 bridgehead atoms. The molecule has 0 saturated heterocycles. The molecular formula is C17H22N4O2S. The monoisotopic (exact) mass is 346 g/mol. The molecule has 0 unspecified atom stereocenters. The molecule has 0 aliphatic heterocycles. The number of allylic oxidation sites excluding steroid dienone is 1. The summed E-state index contributed by atoms with van der Waals surface area (Å²) in [5.41, 5.74) is 0.215. The van der Waals surface area contributed by atoms with Crippen LogP contribution in [0.5, 0.6) is 0 Å². The molecule has 2 aromatic rings. The van der Waals surface area contributed by atoms with E-state index in [0.29, 0.717) is 28.7 Å². The topological polar surface area (TPSA) is 76.9 Å². The molecule has 0 aliphatic rings. The number of hydrogen-bond donors (Lipinski definition) is 1. The Hall–Kier alpha value is -2.15. The van der Waals surface area contributed by atoms with Crippen LogP contribution >= 0.6 is 11.8 Å². The molecule has 7 heteroatoms. The molecule has 2 rings (SSSR count). The van der Waals surface area contributed by atoms with Gasteiger partial charge in [0.25, 0.3) is 5.56 Å². The van der Waals surface area contributed by atoms with Gasteiger partial charge in [0, 0.05) is 18.8 Å². The molecule has 1 atom stereocenters. The smallest absolute Gasteiger partial charge is 0.263 e. The third kappa shape index (κ3) is 4.23. The van der Waals surface area contributed by atoms with Gasteiger partial charge in [-0.05, 0) is 25.0 Å². The molecule has 24 heavy (non-hydrogen) atoms. The maximum absolute atomic E-state index is 12.6. The summed E-state index contributed by atoms with van der Waals surface area (Å²) in [7, 11) is 0. The fourth-order valence-electron chi connectivity index (χ4n) is 2.03. The molecule has 6 nitrogen and oxygen atoms in total. The van der Waals surface area contributed by atoms with E-state index in [0.717, 1.165) is 0 Å². The lowest BCUT2D eigenvalue weighted by atomic mass is 10.1. The van der Waals surface area contributed by atoms with Crippen molar-refractivity contribution in [1.29, 1.82) is 0 Å². The number of pyridine rings is 1. The number of fused-ring (bicyclic) bond motifs is 1. The van der Waals surface area contributed by atoms with Gasteiger partial charge in [-0.1, -0.05) is 31.7 Å². The van der Waals surface area contributed by atoms with Crippen LogP contribution in [-0.4, -0.2) is 32.2 Å². The minimum absolute atomic E-state index is 0.0817. The minimum Gasteiger partial charge on any atom is -0.353 e. The lowest BCUT2D eigenvalue weighted by molar-refractivity contribution is -0.119. The fraction of sp³-hybridized carbons (Fsp3) is 0.412. The summed E-state index contributed by atoms with van der Waals surface area (Å²) in [5, 5.41) is 3.87. The highest BCUT2D eigenvalue weighted by Gasteiger charge is 2.15. The zero-order chi connectivity index (χ0) is 17.7. The van der Waals surface area contributed by atoms with E-state index in [2.05, 4.69) is 35.7 Å². The Morgan fingerprint density at radius 2 is 2.21 bits per heavy atom. The molecule has 128 valence electrons. The van der Waals surface area contributed by atoms with E-state index >= 15 is 0 Å². The summed E-state index contributed by atoms with van der Waals surface area (Å²) in [6.07, 6.45) is 3.23. The van der Waals surface area contributed by atoms with Gasteiger partial charge < -0.3 is 5.32 Å². The van der Waals surface area contributed by atoms with E-state index in [1.54, 1.807) is 24.4 Å². The molecule has 0 saturated carbocycles. The van der Waals surface area contributed by atoms with Crippen molar-refractivity contribution in [3.8, 4) is 0 Å². The normalized spacial score (nSPS) is 12.3. The van der Waals surface area contributed by atoms with Crippen LogP contribution < -0.4 is 10.9 Å². The van der Waals surface area contributed by atoms with Gasteiger partial charge in [-0.3, -0.25) is 14.2 Å². The number of carbonyl (C=O) groups excluding carboxylic acids is 1. The van der Waals surface area contributed by atoms with Crippen molar-refractivity contribution in [1.82, 2.24) is 19.9 Å². The van der Waals surface area contributed by atoms with Crippen molar-refractivity contribution < 1.29 is 4.79 Å². The number of nitrogens with one attached hydrogen (secondary N) is 1. The van der Waals surface area contributed by atoms with Crippen LogP contribution in [0, 0.1) is 5.92 Å². The highest BCUT2D eigenvalue weighted by atomic mass is 32.2. The number of carbonyl (C=O) groups is 1.